The summed E-state index contributed by atoms with van der Waals surface area (Å²) >= 11 is 0. The van der Waals surface area contributed by atoms with Gasteiger partial charge in [-0.15, -0.1) is 24.8 Å². The van der Waals surface area contributed by atoms with Gasteiger partial charge in [0.15, 0.2) is 0 Å². The van der Waals surface area contributed by atoms with Crippen LogP contribution >= 0.6 is 24.8 Å². The zero-order valence-corrected chi connectivity index (χ0v) is 16.8. The van der Waals surface area contributed by atoms with Crippen molar-refractivity contribution in [1.29, 1.82) is 0 Å². The molecule has 2 rings (SSSR count). The maximum Gasteiger partial charge on any atom is 0.240 e. The minimum atomic E-state index is -0.781. The van der Waals surface area contributed by atoms with E-state index in [1.165, 1.54) is 5.56 Å². The number of hydrogen-bond acceptors (Lipinski definition) is 4. The van der Waals surface area contributed by atoms with Gasteiger partial charge in [-0.2, -0.15) is 0 Å². The smallest absolute Gasteiger partial charge is 0.240 e. The summed E-state index contributed by atoms with van der Waals surface area (Å²) in [5.41, 5.74) is 7.80. The highest BCUT2D eigenvalue weighted by Crippen LogP contribution is 2.18. The molecule has 0 saturated carbocycles. The van der Waals surface area contributed by atoms with E-state index >= 15 is 0 Å². The van der Waals surface area contributed by atoms with Crippen LogP contribution < -0.4 is 11.1 Å². The number of carbonyl (C=O) groups excluding carboxylic acids is 1. The molecule has 0 radical (unpaired) electrons. The predicted octanol–water partition coefficient (Wildman–Crippen LogP) is 2.50. The van der Waals surface area contributed by atoms with E-state index in [9.17, 15) is 4.79 Å². The summed E-state index contributed by atoms with van der Waals surface area (Å²) in [6.07, 6.45) is 1.17. The number of halogens is 2. The molecule has 0 unspecified atom stereocenters. The largest absolute Gasteiger partial charge is 0.381 e. The van der Waals surface area contributed by atoms with Crippen LogP contribution in [0.25, 0.3) is 0 Å². The number of amides is 1. The summed E-state index contributed by atoms with van der Waals surface area (Å²) in [6.45, 7) is 8.99. The fourth-order valence-electron chi connectivity index (χ4n) is 2.86. The number of rotatable bonds is 7. The Morgan fingerprint density at radius 3 is 2.40 bits per heavy atom. The average molecular weight is 392 g/mol. The average Bonchev–Trinajstić information content (AvgIpc) is 2.58. The molecule has 1 aromatic carbocycles. The zero-order valence-electron chi connectivity index (χ0n) is 15.1. The molecule has 25 heavy (non-hydrogen) atoms. The molecule has 1 aliphatic rings. The molecular formula is C18H31Cl2N3O2. The lowest BCUT2D eigenvalue weighted by atomic mass is 9.90. The second kappa shape index (κ2) is 11.7. The van der Waals surface area contributed by atoms with E-state index in [0.717, 1.165) is 25.2 Å². The van der Waals surface area contributed by atoms with Crippen molar-refractivity contribution in [2.45, 2.75) is 45.3 Å². The van der Waals surface area contributed by atoms with Crippen LogP contribution in [0.4, 0.5) is 0 Å². The lowest BCUT2D eigenvalue weighted by Crippen LogP contribution is -2.56. The maximum atomic E-state index is 12.3. The second-order valence-corrected chi connectivity index (χ2v) is 6.23. The van der Waals surface area contributed by atoms with Gasteiger partial charge in [0.25, 0.3) is 0 Å². The molecule has 1 saturated heterocycles. The standard InChI is InChI=1S/C18H29N3O2.2ClH/c1-3-21(4-2)14-16-7-5-6-15(12-16)13-20-17(22)18(19)8-10-23-11-9-18;;/h5-7,12H,3-4,8-11,13-14,19H2,1-2H3,(H,20,22);2*1H. The Morgan fingerprint density at radius 2 is 1.80 bits per heavy atom. The first-order valence-electron chi connectivity index (χ1n) is 8.52. The van der Waals surface area contributed by atoms with Gasteiger partial charge >= 0.3 is 0 Å². The van der Waals surface area contributed by atoms with Gasteiger partial charge in [-0.05, 0) is 37.1 Å². The van der Waals surface area contributed by atoms with E-state index in [0.29, 0.717) is 32.6 Å². The molecule has 1 aromatic rings. The quantitative estimate of drug-likeness (QED) is 0.748. The third-order valence-electron chi connectivity index (χ3n) is 4.58. The van der Waals surface area contributed by atoms with Crippen molar-refractivity contribution in [1.82, 2.24) is 10.2 Å². The molecule has 0 spiro atoms. The Balaban J connectivity index is 0.00000288. The fraction of sp³-hybridized carbons (Fsp3) is 0.611. The van der Waals surface area contributed by atoms with Crippen LogP contribution in [-0.2, 0) is 22.6 Å². The van der Waals surface area contributed by atoms with Gasteiger partial charge in [-0.1, -0.05) is 38.1 Å². The Morgan fingerprint density at radius 1 is 1.20 bits per heavy atom. The lowest BCUT2D eigenvalue weighted by molar-refractivity contribution is -0.129. The summed E-state index contributed by atoms with van der Waals surface area (Å²) in [6, 6.07) is 8.38. The van der Waals surface area contributed by atoms with E-state index in [4.69, 9.17) is 10.5 Å². The first-order chi connectivity index (χ1) is 11.1. The van der Waals surface area contributed by atoms with Crippen LogP contribution in [0.2, 0.25) is 0 Å². The first kappa shape index (κ1) is 24.1. The second-order valence-electron chi connectivity index (χ2n) is 6.23. The third kappa shape index (κ3) is 7.12. The van der Waals surface area contributed by atoms with Gasteiger partial charge in [0.2, 0.25) is 5.91 Å². The van der Waals surface area contributed by atoms with Crippen LogP contribution in [0.5, 0.6) is 0 Å². The van der Waals surface area contributed by atoms with Gasteiger partial charge in [0.1, 0.15) is 0 Å². The normalized spacial score (nSPS) is 15.8. The molecule has 144 valence electrons. The molecular weight excluding hydrogens is 361 g/mol. The summed E-state index contributed by atoms with van der Waals surface area (Å²) in [5, 5.41) is 2.98. The van der Waals surface area contributed by atoms with Crippen molar-refractivity contribution in [3.8, 4) is 0 Å². The minimum Gasteiger partial charge on any atom is -0.381 e. The summed E-state index contributed by atoms with van der Waals surface area (Å²) < 4.78 is 5.29. The molecule has 7 heteroatoms. The topological polar surface area (TPSA) is 67.6 Å². The van der Waals surface area contributed by atoms with E-state index < -0.39 is 5.54 Å². The molecule has 0 bridgehead atoms. The van der Waals surface area contributed by atoms with Gasteiger partial charge in [-0.25, -0.2) is 0 Å². The highest BCUT2D eigenvalue weighted by atomic mass is 35.5. The van der Waals surface area contributed by atoms with Crippen LogP contribution in [0.3, 0.4) is 0 Å². The number of nitrogens with one attached hydrogen (secondary N) is 1. The predicted molar refractivity (Wildman–Crippen MR) is 106 cm³/mol. The van der Waals surface area contributed by atoms with Crippen molar-refractivity contribution in [2.75, 3.05) is 26.3 Å². The van der Waals surface area contributed by atoms with Crippen LogP contribution in [0, 0.1) is 0 Å². The van der Waals surface area contributed by atoms with Gasteiger partial charge in [0.05, 0.1) is 5.54 Å². The van der Waals surface area contributed by atoms with Crippen LogP contribution in [0.15, 0.2) is 24.3 Å². The lowest BCUT2D eigenvalue weighted by Gasteiger charge is -2.31. The zero-order chi connectivity index (χ0) is 16.7. The van der Waals surface area contributed by atoms with Crippen molar-refractivity contribution in [3.63, 3.8) is 0 Å². The molecule has 1 amide bonds. The van der Waals surface area contributed by atoms with E-state index in [1.807, 2.05) is 12.1 Å². The Kier molecular flexibility index (Phi) is 11.3. The third-order valence-corrected chi connectivity index (χ3v) is 4.58. The molecule has 1 heterocycles. The van der Waals surface area contributed by atoms with Crippen molar-refractivity contribution >= 4 is 30.7 Å². The Labute approximate surface area is 163 Å². The number of nitrogens with two attached hydrogens (primary N) is 1. The van der Waals surface area contributed by atoms with Gasteiger partial charge in [0, 0.05) is 26.3 Å². The van der Waals surface area contributed by atoms with Crippen LogP contribution in [0.1, 0.15) is 37.8 Å². The molecule has 0 aliphatic carbocycles. The molecule has 1 aliphatic heterocycles. The maximum absolute atomic E-state index is 12.3. The Hall–Kier alpha value is -0.850. The summed E-state index contributed by atoms with van der Waals surface area (Å²) in [4.78, 5) is 14.7. The number of hydrogen-bond donors (Lipinski definition) is 2. The highest BCUT2D eigenvalue weighted by molar-refractivity contribution is 5.86. The number of carbonyl (C=O) groups is 1. The first-order valence-corrected chi connectivity index (χ1v) is 8.52. The van der Waals surface area contributed by atoms with Crippen molar-refractivity contribution < 1.29 is 9.53 Å². The molecule has 5 nitrogen and oxygen atoms in total. The van der Waals surface area contributed by atoms with Crippen LogP contribution in [-0.4, -0.2) is 42.6 Å². The van der Waals surface area contributed by atoms with Crippen molar-refractivity contribution in [3.05, 3.63) is 35.4 Å². The molecule has 0 aromatic heterocycles. The SMILES string of the molecule is CCN(CC)Cc1cccc(CNC(=O)C2(N)CCOCC2)c1.Cl.Cl. The Bertz CT molecular complexity index is 519. The molecule has 3 N–H and O–H groups in total. The van der Waals surface area contributed by atoms with E-state index in [2.05, 4.69) is 36.2 Å². The summed E-state index contributed by atoms with van der Waals surface area (Å²) in [7, 11) is 0. The van der Waals surface area contributed by atoms with Gasteiger partial charge in [-0.3, -0.25) is 9.69 Å². The molecule has 0 atom stereocenters. The van der Waals surface area contributed by atoms with E-state index in [-0.39, 0.29) is 30.7 Å². The van der Waals surface area contributed by atoms with Gasteiger partial charge < -0.3 is 15.8 Å². The number of benzene rings is 1. The molecule has 1 fully saturated rings. The minimum absolute atomic E-state index is 0. The fourth-order valence-corrected chi connectivity index (χ4v) is 2.86. The number of nitrogens with zero attached hydrogens (tertiary/aromatic N) is 1. The highest BCUT2D eigenvalue weighted by Gasteiger charge is 2.35. The monoisotopic (exact) mass is 391 g/mol. The summed E-state index contributed by atoms with van der Waals surface area (Å²) in [5.74, 6) is -0.0741. The van der Waals surface area contributed by atoms with E-state index in [1.54, 1.807) is 0 Å². The van der Waals surface area contributed by atoms with Crippen molar-refractivity contribution in [2.24, 2.45) is 5.73 Å². The number of ether oxygens (including phenoxy) is 1.